The Hall–Kier alpha value is -4.45. The van der Waals surface area contributed by atoms with E-state index in [4.69, 9.17) is 17.0 Å². The lowest BCUT2D eigenvalue weighted by Crippen LogP contribution is -2.35. The zero-order valence-corrected chi connectivity index (χ0v) is 22.1. The third-order valence-electron chi connectivity index (χ3n) is 6.04. The summed E-state index contributed by atoms with van der Waals surface area (Å²) >= 11 is 5.14. The van der Waals surface area contributed by atoms with Gasteiger partial charge in [0.15, 0.2) is 16.7 Å². The van der Waals surface area contributed by atoms with Crippen LogP contribution in [-0.2, 0) is 22.4 Å². The minimum absolute atomic E-state index is 0.00862. The van der Waals surface area contributed by atoms with Crippen molar-refractivity contribution >= 4 is 40.4 Å². The number of aliphatic carboxylic acids is 1. The van der Waals surface area contributed by atoms with E-state index in [0.717, 1.165) is 17.2 Å². The maximum atomic E-state index is 14.9. The Balaban J connectivity index is 1.45. The van der Waals surface area contributed by atoms with Crippen LogP contribution in [-0.4, -0.2) is 36.7 Å². The Kier molecular flexibility index (Phi) is 7.86. The highest BCUT2D eigenvalue weighted by atomic mass is 32.1. The maximum Gasteiger partial charge on any atom is 0.309 e. The summed E-state index contributed by atoms with van der Waals surface area (Å²) in [6.07, 6.45) is 3.21. The number of nitrogens with one attached hydrogen (secondary N) is 2. The molecule has 0 saturated heterocycles. The zero-order chi connectivity index (χ0) is 28.3. The number of aromatic nitrogens is 3. The topological polar surface area (TPSA) is 118 Å². The number of carbonyl (C=O) groups excluding carboxylic acids is 1. The number of ether oxygens (including phenoxy) is 1. The normalized spacial score (nSPS) is 11.3. The van der Waals surface area contributed by atoms with E-state index in [1.807, 2.05) is 0 Å². The molecule has 0 unspecified atom stereocenters. The molecule has 2 heterocycles. The van der Waals surface area contributed by atoms with E-state index >= 15 is 0 Å². The van der Waals surface area contributed by atoms with E-state index in [9.17, 15) is 23.5 Å². The number of amides is 1. The van der Waals surface area contributed by atoms with Crippen LogP contribution in [0.15, 0.2) is 55.0 Å². The lowest BCUT2D eigenvalue weighted by atomic mass is 9.85. The monoisotopic (exact) mass is 553 g/mol. The first kappa shape index (κ1) is 27.6. The summed E-state index contributed by atoms with van der Waals surface area (Å²) in [6.45, 7) is 5.06. The molecular formula is C27H25F2N5O4S. The van der Waals surface area contributed by atoms with Crippen LogP contribution in [0.5, 0.6) is 11.6 Å². The fraction of sp³-hybridized carbons (Fsp3) is 0.222. The van der Waals surface area contributed by atoms with Crippen molar-refractivity contribution in [3.8, 4) is 11.6 Å². The summed E-state index contributed by atoms with van der Waals surface area (Å²) in [4.78, 5) is 27.9. The van der Waals surface area contributed by atoms with Gasteiger partial charge in [-0.3, -0.25) is 9.59 Å². The van der Waals surface area contributed by atoms with Gasteiger partial charge in [0.2, 0.25) is 11.8 Å². The third kappa shape index (κ3) is 6.52. The molecule has 12 heteroatoms. The smallest absolute Gasteiger partial charge is 0.309 e. The highest BCUT2D eigenvalue weighted by molar-refractivity contribution is 7.80. The van der Waals surface area contributed by atoms with E-state index in [1.165, 1.54) is 47.2 Å². The van der Waals surface area contributed by atoms with Crippen LogP contribution in [0.1, 0.15) is 30.5 Å². The quantitative estimate of drug-likeness (QED) is 0.266. The molecule has 0 aliphatic heterocycles. The van der Waals surface area contributed by atoms with Gasteiger partial charge in [-0.15, -0.1) is 0 Å². The van der Waals surface area contributed by atoms with E-state index in [2.05, 4.69) is 20.7 Å². The molecule has 3 N–H and O–H groups in total. The van der Waals surface area contributed by atoms with Crippen molar-refractivity contribution in [3.05, 3.63) is 83.3 Å². The van der Waals surface area contributed by atoms with Gasteiger partial charge in [-0.05, 0) is 80.4 Å². The Bertz CT molecular complexity index is 1570. The molecule has 4 rings (SSSR count). The van der Waals surface area contributed by atoms with Gasteiger partial charge in [0.1, 0.15) is 17.7 Å². The fourth-order valence-corrected chi connectivity index (χ4v) is 4.10. The molecule has 0 radical (unpaired) electrons. The SMILES string of the molecule is Cc1c(CC(C)(C)C(=O)O)cn2ncnc(Oc3ccc(NC(=S)NC(=O)Cc4ccc(F)cc4)cc3F)c12. The standard InChI is InChI=1S/C27H25F2N5O4S/c1-15-17(12-27(2,3)25(36)37)13-34-23(15)24(30-14-31-34)38-21-9-8-19(11-20(21)29)32-26(39)33-22(35)10-16-4-6-18(28)7-5-16/h4-9,11,13-14H,10,12H2,1-3H3,(H,36,37)(H2,32,33,35,39). The number of nitrogens with zero attached hydrogens (tertiary/aromatic N) is 3. The molecule has 1 amide bonds. The number of aryl methyl sites for hydroxylation is 1. The second kappa shape index (κ2) is 11.1. The molecule has 0 aliphatic carbocycles. The van der Waals surface area contributed by atoms with E-state index < -0.39 is 28.9 Å². The Morgan fingerprint density at radius 1 is 1.15 bits per heavy atom. The molecule has 202 valence electrons. The van der Waals surface area contributed by atoms with Crippen LogP contribution in [0.25, 0.3) is 5.52 Å². The number of rotatable bonds is 8. The molecule has 0 spiro atoms. The summed E-state index contributed by atoms with van der Waals surface area (Å²) in [5, 5.41) is 18.9. The van der Waals surface area contributed by atoms with E-state index in [1.54, 1.807) is 27.0 Å². The van der Waals surface area contributed by atoms with Crippen molar-refractivity contribution in [1.82, 2.24) is 19.9 Å². The summed E-state index contributed by atoms with van der Waals surface area (Å²) in [7, 11) is 0. The molecule has 9 nitrogen and oxygen atoms in total. The van der Waals surface area contributed by atoms with Crippen LogP contribution in [0.3, 0.4) is 0 Å². The summed E-state index contributed by atoms with van der Waals surface area (Å²) in [5.74, 6) is -2.47. The molecule has 0 fully saturated rings. The van der Waals surface area contributed by atoms with Crippen molar-refractivity contribution in [2.45, 2.75) is 33.6 Å². The van der Waals surface area contributed by atoms with Gasteiger partial charge in [0.05, 0.1) is 11.8 Å². The lowest BCUT2D eigenvalue weighted by Gasteiger charge is -2.18. The van der Waals surface area contributed by atoms with Gasteiger partial charge in [0, 0.05) is 18.0 Å². The zero-order valence-electron chi connectivity index (χ0n) is 21.3. The second-order valence-electron chi connectivity index (χ2n) is 9.56. The summed E-state index contributed by atoms with van der Waals surface area (Å²) in [6, 6.07) is 9.56. The van der Waals surface area contributed by atoms with Crippen molar-refractivity contribution < 1.29 is 28.2 Å². The first-order valence-electron chi connectivity index (χ1n) is 11.8. The molecule has 2 aromatic carbocycles. The number of thiocarbonyl (C=S) groups is 1. The molecule has 0 bridgehead atoms. The number of benzene rings is 2. The molecule has 4 aromatic rings. The number of hydrogen-bond acceptors (Lipinski definition) is 6. The van der Waals surface area contributed by atoms with Crippen LogP contribution in [0, 0.1) is 24.0 Å². The number of carboxylic acid groups (broad SMARTS) is 1. The maximum absolute atomic E-state index is 14.9. The van der Waals surface area contributed by atoms with Crippen molar-refractivity contribution in [2.24, 2.45) is 5.41 Å². The first-order chi connectivity index (χ1) is 18.4. The first-order valence-corrected chi connectivity index (χ1v) is 12.2. The molecule has 0 aliphatic rings. The number of carboxylic acids is 1. The average Bonchev–Trinajstić information content (AvgIpc) is 3.17. The Morgan fingerprint density at radius 2 is 1.87 bits per heavy atom. The van der Waals surface area contributed by atoms with Crippen LogP contribution in [0.4, 0.5) is 14.5 Å². The largest absolute Gasteiger partial charge is 0.481 e. The molecule has 39 heavy (non-hydrogen) atoms. The number of halogens is 2. The number of fused-ring (bicyclic) bond motifs is 1. The average molecular weight is 554 g/mol. The highest BCUT2D eigenvalue weighted by Crippen LogP contribution is 2.33. The van der Waals surface area contributed by atoms with Gasteiger partial charge >= 0.3 is 5.97 Å². The second-order valence-corrected chi connectivity index (χ2v) is 9.96. The summed E-state index contributed by atoms with van der Waals surface area (Å²) < 4.78 is 35.3. The van der Waals surface area contributed by atoms with E-state index in [0.29, 0.717) is 11.1 Å². The minimum atomic E-state index is -1.000. The Morgan fingerprint density at radius 3 is 2.54 bits per heavy atom. The van der Waals surface area contributed by atoms with E-state index in [-0.39, 0.29) is 35.3 Å². The lowest BCUT2D eigenvalue weighted by molar-refractivity contribution is -0.146. The van der Waals surface area contributed by atoms with Crippen molar-refractivity contribution in [3.63, 3.8) is 0 Å². The van der Waals surface area contributed by atoms with Gasteiger partial charge in [-0.2, -0.15) is 10.1 Å². The van der Waals surface area contributed by atoms with Crippen molar-refractivity contribution in [2.75, 3.05) is 5.32 Å². The number of carbonyl (C=O) groups is 2. The summed E-state index contributed by atoms with van der Waals surface area (Å²) in [5.41, 5.74) is 1.85. The predicted octanol–water partition coefficient (Wildman–Crippen LogP) is 4.82. The number of hydrogen-bond donors (Lipinski definition) is 3. The van der Waals surface area contributed by atoms with Crippen LogP contribution < -0.4 is 15.4 Å². The van der Waals surface area contributed by atoms with Crippen LogP contribution >= 0.6 is 12.2 Å². The molecule has 0 atom stereocenters. The van der Waals surface area contributed by atoms with Gasteiger partial charge in [-0.1, -0.05) is 12.1 Å². The van der Waals surface area contributed by atoms with Gasteiger partial charge in [-0.25, -0.2) is 13.3 Å². The minimum Gasteiger partial charge on any atom is -0.481 e. The predicted molar refractivity (Wildman–Crippen MR) is 144 cm³/mol. The molecule has 2 aromatic heterocycles. The molecular weight excluding hydrogens is 528 g/mol. The highest BCUT2D eigenvalue weighted by Gasteiger charge is 2.29. The van der Waals surface area contributed by atoms with Gasteiger partial charge < -0.3 is 20.5 Å². The Labute approximate surface area is 227 Å². The molecule has 0 saturated carbocycles. The van der Waals surface area contributed by atoms with Crippen molar-refractivity contribution in [1.29, 1.82) is 0 Å². The van der Waals surface area contributed by atoms with Gasteiger partial charge in [0.25, 0.3) is 0 Å². The van der Waals surface area contributed by atoms with Crippen LogP contribution in [0.2, 0.25) is 0 Å². The third-order valence-corrected chi connectivity index (χ3v) is 6.24. The number of anilines is 1. The fourth-order valence-electron chi connectivity index (χ4n) is 3.87.